The van der Waals surface area contributed by atoms with Crippen LogP contribution in [-0.2, 0) is 6.42 Å². The highest BCUT2D eigenvalue weighted by Crippen LogP contribution is 2.22. The minimum atomic E-state index is 0.290. The molecule has 0 heterocycles. The molecule has 26 heavy (non-hydrogen) atoms. The fraction of sp³-hybridized carbons (Fsp3) is 0.500. The first-order valence-electron chi connectivity index (χ1n) is 10.1. The Labute approximate surface area is 160 Å². The standard InChI is InChI=1S/C24H36O2/c1-3-4-5-6-7-8-9-10-11-12-13-14-15-16-17-18-22-19-23(25)21-24(20-22)26-2/h4-5,7-8,10-11,19-21,25H,3,6,9,12-18H2,1-2H3/b5-4-,8-7-,11-10-. The SMILES string of the molecule is CC/C=C\C/C=C\C/C=C\CCCCCCCc1cc(O)cc(OC)c1. The molecule has 0 spiro atoms. The van der Waals surface area contributed by atoms with Crippen LogP contribution in [0.1, 0.15) is 70.3 Å². The van der Waals surface area contributed by atoms with Crippen LogP contribution in [0.3, 0.4) is 0 Å². The molecule has 0 aromatic heterocycles. The van der Waals surface area contributed by atoms with Crippen molar-refractivity contribution in [1.29, 1.82) is 0 Å². The molecule has 1 aromatic rings. The Kier molecular flexibility index (Phi) is 13.0. The van der Waals surface area contributed by atoms with Crippen molar-refractivity contribution in [1.82, 2.24) is 0 Å². The summed E-state index contributed by atoms with van der Waals surface area (Å²) in [5.74, 6) is 1.03. The van der Waals surface area contributed by atoms with E-state index in [0.717, 1.165) is 37.0 Å². The number of phenols is 1. The van der Waals surface area contributed by atoms with Crippen LogP contribution < -0.4 is 4.74 Å². The normalized spacial score (nSPS) is 11.9. The number of methoxy groups -OCH3 is 1. The molecule has 2 nitrogen and oxygen atoms in total. The average molecular weight is 357 g/mol. The number of aromatic hydroxyl groups is 1. The van der Waals surface area contributed by atoms with E-state index < -0.39 is 0 Å². The van der Waals surface area contributed by atoms with Gasteiger partial charge in [-0.1, -0.05) is 62.6 Å². The Hall–Kier alpha value is -1.96. The molecule has 1 aromatic carbocycles. The first-order valence-corrected chi connectivity index (χ1v) is 10.1. The smallest absolute Gasteiger partial charge is 0.122 e. The van der Waals surface area contributed by atoms with Gasteiger partial charge in [0.25, 0.3) is 0 Å². The highest BCUT2D eigenvalue weighted by Gasteiger charge is 2.00. The minimum absolute atomic E-state index is 0.290. The summed E-state index contributed by atoms with van der Waals surface area (Å²) in [5, 5.41) is 9.66. The number of hydrogen-bond acceptors (Lipinski definition) is 2. The first kappa shape index (κ1) is 22.1. The maximum absolute atomic E-state index is 9.66. The summed E-state index contributed by atoms with van der Waals surface area (Å²) in [4.78, 5) is 0. The van der Waals surface area contributed by atoms with Gasteiger partial charge in [0.2, 0.25) is 0 Å². The number of benzene rings is 1. The van der Waals surface area contributed by atoms with Gasteiger partial charge in [-0.25, -0.2) is 0 Å². The number of phenolic OH excluding ortho intramolecular Hbond substituents is 1. The van der Waals surface area contributed by atoms with Crippen LogP contribution in [-0.4, -0.2) is 12.2 Å². The fourth-order valence-electron chi connectivity index (χ4n) is 2.85. The zero-order chi connectivity index (χ0) is 18.9. The van der Waals surface area contributed by atoms with Gasteiger partial charge in [0, 0.05) is 6.07 Å². The van der Waals surface area contributed by atoms with E-state index in [1.165, 1.54) is 38.5 Å². The predicted octanol–water partition coefficient (Wildman–Crippen LogP) is 7.14. The van der Waals surface area contributed by atoms with Crippen LogP contribution in [0.15, 0.2) is 54.7 Å². The number of allylic oxidation sites excluding steroid dienone is 6. The van der Waals surface area contributed by atoms with E-state index in [2.05, 4.69) is 43.4 Å². The molecule has 144 valence electrons. The lowest BCUT2D eigenvalue weighted by Gasteiger charge is -2.06. The van der Waals surface area contributed by atoms with Crippen LogP contribution in [0.5, 0.6) is 11.5 Å². The van der Waals surface area contributed by atoms with E-state index >= 15 is 0 Å². The van der Waals surface area contributed by atoms with E-state index in [0.29, 0.717) is 5.75 Å². The highest BCUT2D eigenvalue weighted by atomic mass is 16.5. The lowest BCUT2D eigenvalue weighted by atomic mass is 10.0. The van der Waals surface area contributed by atoms with Gasteiger partial charge >= 0.3 is 0 Å². The monoisotopic (exact) mass is 356 g/mol. The van der Waals surface area contributed by atoms with Gasteiger partial charge in [-0.2, -0.15) is 0 Å². The van der Waals surface area contributed by atoms with Gasteiger partial charge in [-0.05, 0) is 62.6 Å². The molecule has 1 N–H and O–H groups in total. The largest absolute Gasteiger partial charge is 0.508 e. The maximum Gasteiger partial charge on any atom is 0.122 e. The molecule has 0 aliphatic rings. The number of rotatable bonds is 14. The third-order valence-corrected chi connectivity index (χ3v) is 4.30. The van der Waals surface area contributed by atoms with Crippen molar-refractivity contribution in [2.24, 2.45) is 0 Å². The fourth-order valence-corrected chi connectivity index (χ4v) is 2.85. The molecule has 0 aliphatic carbocycles. The minimum Gasteiger partial charge on any atom is -0.508 e. The number of ether oxygens (including phenoxy) is 1. The molecule has 0 radical (unpaired) electrons. The van der Waals surface area contributed by atoms with E-state index in [4.69, 9.17) is 4.74 Å². The van der Waals surface area contributed by atoms with Crippen molar-refractivity contribution in [3.05, 3.63) is 60.2 Å². The van der Waals surface area contributed by atoms with Crippen molar-refractivity contribution in [3.63, 3.8) is 0 Å². The van der Waals surface area contributed by atoms with Crippen LogP contribution >= 0.6 is 0 Å². The molecule has 0 unspecified atom stereocenters. The summed E-state index contributed by atoms with van der Waals surface area (Å²) in [6, 6.07) is 5.50. The lowest BCUT2D eigenvalue weighted by molar-refractivity contribution is 0.406. The second-order valence-electron chi connectivity index (χ2n) is 6.64. The van der Waals surface area contributed by atoms with Crippen LogP contribution in [0, 0.1) is 0 Å². The molecule has 0 atom stereocenters. The third-order valence-electron chi connectivity index (χ3n) is 4.30. The summed E-state index contributed by atoms with van der Waals surface area (Å²) >= 11 is 0. The topological polar surface area (TPSA) is 29.5 Å². The van der Waals surface area contributed by atoms with Gasteiger partial charge in [-0.3, -0.25) is 0 Å². The van der Waals surface area contributed by atoms with E-state index in [-0.39, 0.29) is 0 Å². The van der Waals surface area contributed by atoms with Gasteiger partial charge in [0.1, 0.15) is 11.5 Å². The average Bonchev–Trinajstić information content (AvgIpc) is 2.64. The molecular weight excluding hydrogens is 320 g/mol. The molecule has 0 amide bonds. The molecule has 2 heteroatoms. The van der Waals surface area contributed by atoms with Gasteiger partial charge in [0.05, 0.1) is 7.11 Å². The highest BCUT2D eigenvalue weighted by molar-refractivity contribution is 5.37. The molecule has 0 bridgehead atoms. The van der Waals surface area contributed by atoms with Crippen molar-refractivity contribution in [2.75, 3.05) is 7.11 Å². The first-order chi connectivity index (χ1) is 12.8. The van der Waals surface area contributed by atoms with E-state index in [9.17, 15) is 5.11 Å². The summed E-state index contributed by atoms with van der Waals surface area (Å²) in [6.45, 7) is 2.16. The molecule has 0 fully saturated rings. The zero-order valence-corrected chi connectivity index (χ0v) is 16.6. The van der Waals surface area contributed by atoms with Crippen molar-refractivity contribution >= 4 is 0 Å². The Morgan fingerprint density at radius 1 is 0.808 bits per heavy atom. The van der Waals surface area contributed by atoms with Crippen LogP contribution in [0.25, 0.3) is 0 Å². The second-order valence-corrected chi connectivity index (χ2v) is 6.64. The van der Waals surface area contributed by atoms with Gasteiger partial charge < -0.3 is 9.84 Å². The molecule has 0 aliphatic heterocycles. The van der Waals surface area contributed by atoms with Crippen molar-refractivity contribution in [2.45, 2.75) is 71.1 Å². The zero-order valence-electron chi connectivity index (χ0n) is 16.6. The van der Waals surface area contributed by atoms with E-state index in [1.807, 2.05) is 12.1 Å². The molecule has 1 rings (SSSR count). The van der Waals surface area contributed by atoms with Gasteiger partial charge in [-0.15, -0.1) is 0 Å². The predicted molar refractivity (Wildman–Crippen MR) is 113 cm³/mol. The number of hydrogen-bond donors (Lipinski definition) is 1. The Balaban J connectivity index is 1.98. The summed E-state index contributed by atoms with van der Waals surface area (Å²) in [5.41, 5.74) is 1.16. The van der Waals surface area contributed by atoms with Crippen molar-refractivity contribution < 1.29 is 9.84 Å². The van der Waals surface area contributed by atoms with E-state index in [1.54, 1.807) is 13.2 Å². The quantitative estimate of drug-likeness (QED) is 0.283. The second kappa shape index (κ2) is 15.3. The Morgan fingerprint density at radius 3 is 2.19 bits per heavy atom. The Bertz CT molecular complexity index is 555. The molecular formula is C24H36O2. The maximum atomic E-state index is 9.66. The Morgan fingerprint density at radius 2 is 1.46 bits per heavy atom. The number of unbranched alkanes of at least 4 members (excludes halogenated alkanes) is 5. The summed E-state index contributed by atoms with van der Waals surface area (Å²) < 4.78 is 5.19. The van der Waals surface area contributed by atoms with Crippen molar-refractivity contribution in [3.8, 4) is 11.5 Å². The van der Waals surface area contributed by atoms with Crippen LogP contribution in [0.2, 0.25) is 0 Å². The lowest BCUT2D eigenvalue weighted by Crippen LogP contribution is -1.89. The van der Waals surface area contributed by atoms with Crippen LogP contribution in [0.4, 0.5) is 0 Å². The summed E-state index contributed by atoms with van der Waals surface area (Å²) in [7, 11) is 1.63. The molecule has 0 saturated carbocycles. The third kappa shape index (κ3) is 11.6. The number of aryl methyl sites for hydroxylation is 1. The summed E-state index contributed by atoms with van der Waals surface area (Å²) in [6.07, 6.45) is 25.2. The van der Waals surface area contributed by atoms with Gasteiger partial charge in [0.15, 0.2) is 0 Å². The molecule has 0 saturated heterocycles.